The molecule has 33 heavy (non-hydrogen) atoms. The summed E-state index contributed by atoms with van der Waals surface area (Å²) in [5, 5.41) is 9.39. The van der Waals surface area contributed by atoms with Crippen molar-refractivity contribution in [2.24, 2.45) is 5.92 Å². The number of aromatic nitrogens is 2. The summed E-state index contributed by atoms with van der Waals surface area (Å²) in [6.45, 7) is 2.97. The fraction of sp³-hybridized carbons (Fsp3) is 0.458. The Hall–Kier alpha value is -2.75. The number of benzene rings is 1. The number of fused-ring (bicyclic) bond motifs is 3. The maximum Gasteiger partial charge on any atom is 0.232 e. The quantitative estimate of drug-likeness (QED) is 0.598. The largest absolute Gasteiger partial charge is 0.496 e. The summed E-state index contributed by atoms with van der Waals surface area (Å²) in [5.41, 5.74) is 2.08. The molecule has 5 heterocycles. The van der Waals surface area contributed by atoms with Crippen molar-refractivity contribution in [3.05, 3.63) is 29.6 Å². The first-order valence-corrected chi connectivity index (χ1v) is 12.4. The van der Waals surface area contributed by atoms with Gasteiger partial charge in [0.2, 0.25) is 11.9 Å². The minimum Gasteiger partial charge on any atom is -0.496 e. The highest BCUT2D eigenvalue weighted by Crippen LogP contribution is 2.45. The second-order valence-electron chi connectivity index (χ2n) is 8.91. The smallest absolute Gasteiger partial charge is 0.232 e. The van der Waals surface area contributed by atoms with E-state index in [1.165, 1.54) is 0 Å². The predicted molar refractivity (Wildman–Crippen MR) is 129 cm³/mol. The van der Waals surface area contributed by atoms with Crippen LogP contribution in [0, 0.1) is 5.92 Å². The van der Waals surface area contributed by atoms with Gasteiger partial charge in [-0.3, -0.25) is 10.1 Å². The van der Waals surface area contributed by atoms with Gasteiger partial charge in [-0.2, -0.15) is 4.98 Å². The van der Waals surface area contributed by atoms with Crippen molar-refractivity contribution < 1.29 is 14.3 Å². The molecule has 0 radical (unpaired) electrons. The molecule has 9 heteroatoms. The van der Waals surface area contributed by atoms with Crippen LogP contribution < -0.4 is 20.3 Å². The number of carbonyl (C=O) groups is 1. The lowest BCUT2D eigenvalue weighted by Gasteiger charge is -2.36. The van der Waals surface area contributed by atoms with Crippen molar-refractivity contribution in [3.63, 3.8) is 0 Å². The Morgan fingerprint density at radius 3 is 2.76 bits per heavy atom. The molecule has 2 bridgehead atoms. The number of para-hydroxylation sites is 1. The van der Waals surface area contributed by atoms with Crippen molar-refractivity contribution in [2.75, 3.05) is 43.6 Å². The minimum atomic E-state index is -0.0419. The molecule has 172 valence electrons. The van der Waals surface area contributed by atoms with Crippen molar-refractivity contribution in [2.45, 2.75) is 31.3 Å². The van der Waals surface area contributed by atoms with Crippen molar-refractivity contribution in [1.82, 2.24) is 15.3 Å². The molecule has 0 aliphatic carbocycles. The highest BCUT2D eigenvalue weighted by Gasteiger charge is 2.40. The summed E-state index contributed by atoms with van der Waals surface area (Å²) in [6, 6.07) is 8.61. The van der Waals surface area contributed by atoms with Crippen molar-refractivity contribution >= 4 is 39.2 Å². The molecule has 2 N–H and O–H groups in total. The SMILES string of the molecule is COc1ccccc1-c1csc2nc(NC(=O)C3CCNC3)nc(N3C4CCC3COC4)c12. The number of hydrogen-bond donors (Lipinski definition) is 2. The van der Waals surface area contributed by atoms with Crippen LogP contribution in [-0.2, 0) is 9.53 Å². The van der Waals surface area contributed by atoms with Gasteiger partial charge in [-0.1, -0.05) is 18.2 Å². The molecule has 3 aliphatic heterocycles. The molecule has 8 nitrogen and oxygen atoms in total. The van der Waals surface area contributed by atoms with Crippen LogP contribution in [0.25, 0.3) is 21.3 Å². The second-order valence-corrected chi connectivity index (χ2v) is 9.77. The summed E-state index contributed by atoms with van der Waals surface area (Å²) >= 11 is 1.57. The Bertz CT molecular complexity index is 1180. The molecule has 6 rings (SSSR count). The molecule has 3 aliphatic rings. The van der Waals surface area contributed by atoms with Gasteiger partial charge in [0.1, 0.15) is 16.4 Å². The summed E-state index contributed by atoms with van der Waals surface area (Å²) in [4.78, 5) is 25.8. The number of carbonyl (C=O) groups excluding carboxylic acids is 1. The third-order valence-electron chi connectivity index (χ3n) is 6.96. The van der Waals surface area contributed by atoms with E-state index in [2.05, 4.69) is 27.0 Å². The first kappa shape index (κ1) is 20.8. The number of thiophene rings is 1. The van der Waals surface area contributed by atoms with Gasteiger partial charge in [-0.25, -0.2) is 4.98 Å². The number of amides is 1. The molecule has 3 saturated heterocycles. The van der Waals surface area contributed by atoms with E-state index in [1.54, 1.807) is 18.4 Å². The molecule has 3 unspecified atom stereocenters. The van der Waals surface area contributed by atoms with E-state index in [1.807, 2.05) is 18.2 Å². The van der Waals surface area contributed by atoms with Gasteiger partial charge in [0.25, 0.3) is 0 Å². The number of morpholine rings is 1. The molecule has 2 aromatic heterocycles. The highest BCUT2D eigenvalue weighted by atomic mass is 32.1. The molecule has 3 aromatic rings. The van der Waals surface area contributed by atoms with Crippen molar-refractivity contribution in [3.8, 4) is 16.9 Å². The Morgan fingerprint density at radius 2 is 2.00 bits per heavy atom. The highest BCUT2D eigenvalue weighted by molar-refractivity contribution is 7.17. The molecular weight excluding hydrogens is 438 g/mol. The third kappa shape index (κ3) is 3.64. The Balaban J connectivity index is 1.48. The maximum absolute atomic E-state index is 12.8. The van der Waals surface area contributed by atoms with E-state index in [-0.39, 0.29) is 23.9 Å². The van der Waals surface area contributed by atoms with Gasteiger partial charge in [-0.05, 0) is 31.9 Å². The van der Waals surface area contributed by atoms with Gasteiger partial charge in [-0.15, -0.1) is 11.3 Å². The zero-order chi connectivity index (χ0) is 22.4. The van der Waals surface area contributed by atoms with Gasteiger partial charge in [0.05, 0.1) is 43.7 Å². The minimum absolute atomic E-state index is 0.0169. The van der Waals surface area contributed by atoms with Crippen LogP contribution in [-0.4, -0.2) is 61.4 Å². The average molecular weight is 466 g/mol. The average Bonchev–Trinajstić information content (AvgIpc) is 3.57. The van der Waals surface area contributed by atoms with Crippen LogP contribution in [0.3, 0.4) is 0 Å². The molecule has 0 saturated carbocycles. The first-order chi connectivity index (χ1) is 16.2. The zero-order valence-electron chi connectivity index (χ0n) is 18.5. The number of rotatable bonds is 5. The summed E-state index contributed by atoms with van der Waals surface area (Å²) < 4.78 is 11.5. The zero-order valence-corrected chi connectivity index (χ0v) is 19.4. The normalized spacial score (nSPS) is 24.4. The number of hydrogen-bond acceptors (Lipinski definition) is 8. The van der Waals surface area contributed by atoms with E-state index in [9.17, 15) is 4.79 Å². The first-order valence-electron chi connectivity index (χ1n) is 11.5. The van der Waals surface area contributed by atoms with Crippen LogP contribution in [0.5, 0.6) is 5.75 Å². The molecule has 3 atom stereocenters. The summed E-state index contributed by atoms with van der Waals surface area (Å²) in [7, 11) is 1.69. The van der Waals surface area contributed by atoms with E-state index < -0.39 is 0 Å². The molecule has 3 fully saturated rings. The summed E-state index contributed by atoms with van der Waals surface area (Å²) in [5.74, 6) is 2.03. The number of methoxy groups -OCH3 is 1. The fourth-order valence-corrected chi connectivity index (χ4v) is 6.23. The standard InChI is InChI=1S/C24H27N5O3S/c1-31-19-5-3-2-4-17(19)18-13-33-23-20(18)21(29-15-6-7-16(29)12-32-11-15)26-24(28-23)27-22(30)14-8-9-25-10-14/h2-5,13-16,25H,6-12H2,1H3,(H,26,27,28,30). The predicted octanol–water partition coefficient (Wildman–Crippen LogP) is 3.28. The number of ether oxygens (including phenoxy) is 2. The van der Waals surface area contributed by atoms with Crippen LogP contribution in [0.2, 0.25) is 0 Å². The number of nitrogens with zero attached hydrogens (tertiary/aromatic N) is 3. The lowest BCUT2D eigenvalue weighted by molar-refractivity contribution is -0.119. The molecule has 1 amide bonds. The Morgan fingerprint density at radius 1 is 1.18 bits per heavy atom. The van der Waals surface area contributed by atoms with E-state index in [4.69, 9.17) is 19.4 Å². The van der Waals surface area contributed by atoms with Crippen LogP contribution in [0.4, 0.5) is 11.8 Å². The van der Waals surface area contributed by atoms with Gasteiger partial charge >= 0.3 is 0 Å². The maximum atomic E-state index is 12.8. The monoisotopic (exact) mass is 465 g/mol. The van der Waals surface area contributed by atoms with E-state index >= 15 is 0 Å². The second kappa shape index (κ2) is 8.55. The molecule has 0 spiro atoms. The lowest BCUT2D eigenvalue weighted by atomic mass is 10.0. The van der Waals surface area contributed by atoms with E-state index in [0.29, 0.717) is 25.7 Å². The fourth-order valence-electron chi connectivity index (χ4n) is 5.30. The Labute approximate surface area is 196 Å². The van der Waals surface area contributed by atoms with Crippen molar-refractivity contribution in [1.29, 1.82) is 0 Å². The summed E-state index contributed by atoms with van der Waals surface area (Å²) in [6.07, 6.45) is 3.00. The number of nitrogens with one attached hydrogen (secondary N) is 2. The Kier molecular flexibility index (Phi) is 5.40. The van der Waals surface area contributed by atoms with Gasteiger partial charge in [0.15, 0.2) is 0 Å². The van der Waals surface area contributed by atoms with Crippen LogP contribution in [0.1, 0.15) is 19.3 Å². The number of anilines is 2. The van der Waals surface area contributed by atoms with E-state index in [0.717, 1.165) is 58.7 Å². The molecular formula is C24H27N5O3S. The van der Waals surface area contributed by atoms with Gasteiger partial charge < -0.3 is 19.7 Å². The molecule has 1 aromatic carbocycles. The van der Waals surface area contributed by atoms with Gasteiger partial charge in [0, 0.05) is 23.1 Å². The van der Waals surface area contributed by atoms with Crippen LogP contribution >= 0.6 is 11.3 Å². The topological polar surface area (TPSA) is 88.6 Å². The lowest BCUT2D eigenvalue weighted by Crippen LogP contribution is -2.46. The third-order valence-corrected chi connectivity index (χ3v) is 7.83. The van der Waals surface area contributed by atoms with Crippen LogP contribution in [0.15, 0.2) is 29.6 Å².